The Hall–Kier alpha value is -3.56. The summed E-state index contributed by atoms with van der Waals surface area (Å²) >= 11 is 0. The van der Waals surface area contributed by atoms with Crippen molar-refractivity contribution in [3.05, 3.63) is 46.9 Å². The minimum Gasteiger partial charge on any atom is -0.479 e. The third-order valence-corrected chi connectivity index (χ3v) is 5.36. The molecule has 156 valence electrons. The highest BCUT2D eigenvalue weighted by atomic mass is 16.6. The fourth-order valence-corrected chi connectivity index (χ4v) is 3.71. The van der Waals surface area contributed by atoms with Crippen LogP contribution in [0.1, 0.15) is 25.7 Å². The monoisotopic (exact) mass is 409 g/mol. The molecular formula is C20H23N7O3. The first kappa shape index (κ1) is 19.7. The van der Waals surface area contributed by atoms with Crippen LogP contribution < -0.4 is 15.4 Å². The first-order chi connectivity index (χ1) is 14.6. The van der Waals surface area contributed by atoms with Crippen molar-refractivity contribution >= 4 is 28.4 Å². The van der Waals surface area contributed by atoms with E-state index in [1.54, 1.807) is 13.3 Å². The second kappa shape index (κ2) is 8.85. The molecule has 4 rings (SSSR count). The zero-order valence-electron chi connectivity index (χ0n) is 16.6. The highest BCUT2D eigenvalue weighted by molar-refractivity contribution is 5.84. The summed E-state index contributed by atoms with van der Waals surface area (Å²) in [5, 5.41) is 18.4. The van der Waals surface area contributed by atoms with E-state index >= 15 is 0 Å². The van der Waals surface area contributed by atoms with E-state index < -0.39 is 4.92 Å². The van der Waals surface area contributed by atoms with Crippen molar-refractivity contribution < 1.29 is 9.66 Å². The lowest BCUT2D eigenvalue weighted by Crippen LogP contribution is -2.29. The lowest BCUT2D eigenvalue weighted by atomic mass is 9.86. The molecule has 0 bridgehead atoms. The van der Waals surface area contributed by atoms with Crippen molar-refractivity contribution in [2.24, 2.45) is 5.92 Å². The molecule has 0 aliphatic heterocycles. The largest absolute Gasteiger partial charge is 0.479 e. The fraction of sp³-hybridized carbons (Fsp3) is 0.400. The maximum Gasteiger partial charge on any atom is 0.305 e. The summed E-state index contributed by atoms with van der Waals surface area (Å²) in [5.41, 5.74) is 0.647. The van der Waals surface area contributed by atoms with Gasteiger partial charge in [-0.1, -0.05) is 0 Å². The molecule has 3 heterocycles. The van der Waals surface area contributed by atoms with E-state index in [1.807, 2.05) is 18.2 Å². The Morgan fingerprint density at radius 1 is 1.13 bits per heavy atom. The molecule has 2 N–H and O–H groups in total. The van der Waals surface area contributed by atoms with Crippen molar-refractivity contribution in [2.75, 3.05) is 24.3 Å². The Bertz CT molecular complexity index is 1020. The van der Waals surface area contributed by atoms with Gasteiger partial charge in [-0.15, -0.1) is 0 Å². The minimum absolute atomic E-state index is 0.108. The van der Waals surface area contributed by atoms with E-state index in [-0.39, 0.29) is 5.69 Å². The summed E-state index contributed by atoms with van der Waals surface area (Å²) in [6.45, 7) is 0.752. The summed E-state index contributed by atoms with van der Waals surface area (Å²) in [6, 6.07) is 6.29. The number of ether oxygens (including phenoxy) is 1. The molecular weight excluding hydrogens is 386 g/mol. The normalized spacial score (nSPS) is 18.7. The topological polar surface area (TPSA) is 128 Å². The van der Waals surface area contributed by atoms with Crippen molar-refractivity contribution in [1.29, 1.82) is 0 Å². The lowest BCUT2D eigenvalue weighted by molar-refractivity contribution is -0.385. The summed E-state index contributed by atoms with van der Waals surface area (Å²) in [7, 11) is 1.60. The van der Waals surface area contributed by atoms with E-state index in [0.717, 1.165) is 48.9 Å². The molecule has 30 heavy (non-hydrogen) atoms. The van der Waals surface area contributed by atoms with Crippen LogP contribution in [0.5, 0.6) is 5.88 Å². The smallest absolute Gasteiger partial charge is 0.305 e. The van der Waals surface area contributed by atoms with Crippen LogP contribution in [-0.4, -0.2) is 44.6 Å². The van der Waals surface area contributed by atoms with E-state index in [2.05, 4.69) is 30.6 Å². The van der Waals surface area contributed by atoms with Gasteiger partial charge < -0.3 is 15.4 Å². The standard InChI is InChI=1S/C20H23N7O3/c1-30-19-18-14(8-9-21-19)4-7-17(26-18)25-15-5-2-13(3-6-15)10-22-20-23-11-16(12-24-20)27(28)29/h4,7-9,11-13,15H,2-3,5-6,10H2,1H3,(H,25,26)(H,22,23,24)/t13-,15-. The molecule has 0 radical (unpaired) electrons. The number of pyridine rings is 2. The quantitative estimate of drug-likeness (QED) is 0.445. The van der Waals surface area contributed by atoms with Gasteiger partial charge in [-0.25, -0.2) is 19.9 Å². The highest BCUT2D eigenvalue weighted by Crippen LogP contribution is 2.28. The second-order valence-corrected chi connectivity index (χ2v) is 7.35. The molecule has 1 aliphatic carbocycles. The van der Waals surface area contributed by atoms with Gasteiger partial charge in [0, 0.05) is 24.2 Å². The highest BCUT2D eigenvalue weighted by Gasteiger charge is 2.22. The number of hydrogen-bond acceptors (Lipinski definition) is 9. The van der Waals surface area contributed by atoms with Crippen LogP contribution >= 0.6 is 0 Å². The minimum atomic E-state index is -0.505. The number of fused-ring (bicyclic) bond motifs is 1. The first-order valence-corrected chi connectivity index (χ1v) is 9.89. The van der Waals surface area contributed by atoms with Gasteiger partial charge in [0.15, 0.2) is 0 Å². The van der Waals surface area contributed by atoms with Crippen LogP contribution in [0.25, 0.3) is 10.9 Å². The van der Waals surface area contributed by atoms with Crippen molar-refractivity contribution in [1.82, 2.24) is 19.9 Å². The zero-order valence-corrected chi connectivity index (χ0v) is 16.6. The number of nitrogens with one attached hydrogen (secondary N) is 2. The predicted octanol–water partition coefficient (Wildman–Crippen LogP) is 3.42. The number of rotatable bonds is 7. The molecule has 3 aromatic heterocycles. The number of nitro groups is 1. The molecule has 1 aliphatic rings. The molecule has 1 fully saturated rings. The number of nitrogens with zero attached hydrogens (tertiary/aromatic N) is 5. The second-order valence-electron chi connectivity index (χ2n) is 7.35. The van der Waals surface area contributed by atoms with E-state index in [0.29, 0.717) is 23.8 Å². The third kappa shape index (κ3) is 4.53. The maximum absolute atomic E-state index is 10.7. The fourth-order valence-electron chi connectivity index (χ4n) is 3.71. The third-order valence-electron chi connectivity index (χ3n) is 5.36. The zero-order chi connectivity index (χ0) is 20.9. The molecule has 0 amide bonds. The molecule has 0 aromatic carbocycles. The molecule has 10 heteroatoms. The first-order valence-electron chi connectivity index (χ1n) is 9.89. The Labute approximate surface area is 173 Å². The summed E-state index contributed by atoms with van der Waals surface area (Å²) in [5.74, 6) is 2.29. The van der Waals surface area contributed by atoms with Crippen LogP contribution in [0.2, 0.25) is 0 Å². The van der Waals surface area contributed by atoms with Gasteiger partial charge in [0.1, 0.15) is 23.7 Å². The van der Waals surface area contributed by atoms with Crippen LogP contribution in [0, 0.1) is 16.0 Å². The van der Waals surface area contributed by atoms with Gasteiger partial charge in [-0.05, 0) is 49.8 Å². The Balaban J connectivity index is 1.28. The molecule has 3 aromatic rings. The van der Waals surface area contributed by atoms with Gasteiger partial charge in [-0.2, -0.15) is 0 Å². The number of aromatic nitrogens is 4. The number of anilines is 2. The lowest BCUT2D eigenvalue weighted by Gasteiger charge is -2.29. The van der Waals surface area contributed by atoms with Gasteiger partial charge in [0.2, 0.25) is 11.8 Å². The SMILES string of the molecule is COc1nccc2ccc(N[C@H]3CC[C@H](CNc4ncc([N+](=O)[O-])cn4)CC3)nc12. The van der Waals surface area contributed by atoms with Crippen LogP contribution in [0.4, 0.5) is 17.5 Å². The van der Waals surface area contributed by atoms with Gasteiger partial charge in [-0.3, -0.25) is 10.1 Å². The average molecular weight is 409 g/mol. The van der Waals surface area contributed by atoms with Crippen LogP contribution in [-0.2, 0) is 0 Å². The van der Waals surface area contributed by atoms with Crippen LogP contribution in [0.3, 0.4) is 0 Å². The Morgan fingerprint density at radius 3 is 2.60 bits per heavy atom. The number of hydrogen-bond donors (Lipinski definition) is 2. The molecule has 1 saturated carbocycles. The average Bonchev–Trinajstić information content (AvgIpc) is 2.78. The molecule has 0 unspecified atom stereocenters. The summed E-state index contributed by atoms with van der Waals surface area (Å²) in [4.78, 5) is 27.0. The van der Waals surface area contributed by atoms with Crippen LogP contribution in [0.15, 0.2) is 36.8 Å². The van der Waals surface area contributed by atoms with E-state index in [1.165, 1.54) is 12.4 Å². The van der Waals surface area contributed by atoms with Gasteiger partial charge >= 0.3 is 5.69 Å². The van der Waals surface area contributed by atoms with Crippen molar-refractivity contribution in [3.63, 3.8) is 0 Å². The molecule has 0 atom stereocenters. The molecule has 0 saturated heterocycles. The Morgan fingerprint density at radius 2 is 1.90 bits per heavy atom. The molecule has 10 nitrogen and oxygen atoms in total. The van der Waals surface area contributed by atoms with Crippen molar-refractivity contribution in [2.45, 2.75) is 31.7 Å². The van der Waals surface area contributed by atoms with Gasteiger partial charge in [0.05, 0.1) is 12.0 Å². The van der Waals surface area contributed by atoms with Gasteiger partial charge in [0.25, 0.3) is 0 Å². The Kier molecular flexibility index (Phi) is 5.82. The van der Waals surface area contributed by atoms with E-state index in [9.17, 15) is 10.1 Å². The predicted molar refractivity (Wildman–Crippen MR) is 113 cm³/mol. The summed E-state index contributed by atoms with van der Waals surface area (Å²) < 4.78 is 5.32. The van der Waals surface area contributed by atoms with Crippen molar-refractivity contribution in [3.8, 4) is 5.88 Å². The molecule has 0 spiro atoms. The summed E-state index contributed by atoms with van der Waals surface area (Å²) in [6.07, 6.45) is 8.36. The maximum atomic E-state index is 10.7. The number of methoxy groups -OCH3 is 1. The van der Waals surface area contributed by atoms with E-state index in [4.69, 9.17) is 4.74 Å².